The normalized spacial score (nSPS) is 10.7. The van der Waals surface area contributed by atoms with Crippen LogP contribution in [0.3, 0.4) is 0 Å². The van der Waals surface area contributed by atoms with Crippen LogP contribution in [0.2, 0.25) is 0 Å². The lowest BCUT2D eigenvalue weighted by Crippen LogP contribution is -2.10. The van der Waals surface area contributed by atoms with Gasteiger partial charge in [-0.05, 0) is 66.5 Å². The van der Waals surface area contributed by atoms with Gasteiger partial charge in [0, 0.05) is 17.0 Å². The van der Waals surface area contributed by atoms with Gasteiger partial charge in [-0.3, -0.25) is 0 Å². The molecule has 2 nitrogen and oxygen atoms in total. The van der Waals surface area contributed by atoms with Crippen LogP contribution in [0.15, 0.2) is 74.9 Å². The number of hydrogen-bond acceptors (Lipinski definition) is 2. The summed E-state index contributed by atoms with van der Waals surface area (Å²) < 4.78 is 0. The van der Waals surface area contributed by atoms with E-state index in [-0.39, 0.29) is 5.92 Å². The molecule has 29 heavy (non-hydrogen) atoms. The van der Waals surface area contributed by atoms with Gasteiger partial charge in [0.05, 0.1) is 0 Å². The van der Waals surface area contributed by atoms with Crippen LogP contribution in [0.1, 0.15) is 52.6 Å². The molecule has 0 aliphatic carbocycles. The van der Waals surface area contributed by atoms with E-state index in [9.17, 15) is 10.2 Å². The molecule has 0 aliphatic heterocycles. The topological polar surface area (TPSA) is 40.5 Å². The van der Waals surface area contributed by atoms with Crippen molar-refractivity contribution in [1.82, 2.24) is 0 Å². The number of allylic oxidation sites excluding steroid dienone is 4. The van der Waals surface area contributed by atoms with Crippen LogP contribution >= 0.6 is 0 Å². The van der Waals surface area contributed by atoms with Gasteiger partial charge in [0.15, 0.2) is 0 Å². The minimum absolute atomic E-state index is 0.133. The van der Waals surface area contributed by atoms with Crippen molar-refractivity contribution in [2.75, 3.05) is 0 Å². The van der Waals surface area contributed by atoms with Crippen molar-refractivity contribution in [2.45, 2.75) is 44.9 Å². The first kappa shape index (κ1) is 22.3. The Morgan fingerprint density at radius 3 is 1.31 bits per heavy atom. The monoisotopic (exact) mass is 388 g/mol. The molecule has 2 aromatic carbocycles. The van der Waals surface area contributed by atoms with E-state index < -0.39 is 0 Å². The van der Waals surface area contributed by atoms with Gasteiger partial charge in [0.1, 0.15) is 11.5 Å². The second-order valence-corrected chi connectivity index (χ2v) is 7.19. The molecule has 0 amide bonds. The molecular weight excluding hydrogens is 356 g/mol. The van der Waals surface area contributed by atoms with Crippen molar-refractivity contribution in [3.05, 3.63) is 108 Å². The molecule has 0 saturated heterocycles. The van der Waals surface area contributed by atoms with Crippen molar-refractivity contribution in [1.29, 1.82) is 0 Å². The van der Waals surface area contributed by atoms with E-state index in [0.29, 0.717) is 37.2 Å². The van der Waals surface area contributed by atoms with Crippen molar-refractivity contribution in [2.24, 2.45) is 0 Å². The highest BCUT2D eigenvalue weighted by Crippen LogP contribution is 2.39. The quantitative estimate of drug-likeness (QED) is 0.428. The van der Waals surface area contributed by atoms with E-state index in [2.05, 4.69) is 33.2 Å². The molecule has 0 radical (unpaired) electrons. The summed E-state index contributed by atoms with van der Waals surface area (Å²) in [6.07, 6.45) is 10.9. The second kappa shape index (κ2) is 10.5. The Labute approximate surface area is 175 Å². The summed E-state index contributed by atoms with van der Waals surface area (Å²) in [4.78, 5) is 0. The SMILES string of the molecule is C=CCc1c(O)ccc(C(CC)c2ccc(O)c(CC=C)c2CC=C)c1CC=C. The van der Waals surface area contributed by atoms with Crippen LogP contribution in [0.25, 0.3) is 0 Å². The standard InChI is InChI=1S/C27H32O2/c1-6-11-20-22(15-17-26(28)24(20)13-8-3)19(10-5)23-16-18-27(29)25(14-9-4)21(23)12-7-2/h6-9,15-19,28-29H,1-4,10-14H2,5H3. The molecule has 2 heteroatoms. The number of aromatic hydroxyl groups is 2. The Bertz CT molecular complexity index is 832. The molecule has 0 saturated carbocycles. The van der Waals surface area contributed by atoms with E-state index in [1.165, 1.54) is 11.1 Å². The summed E-state index contributed by atoms with van der Waals surface area (Å²) in [5.74, 6) is 0.725. The van der Waals surface area contributed by atoms with Gasteiger partial charge < -0.3 is 10.2 Å². The van der Waals surface area contributed by atoms with Crippen molar-refractivity contribution in [3.8, 4) is 11.5 Å². The summed E-state index contributed by atoms with van der Waals surface area (Å²) in [7, 11) is 0. The fraction of sp³-hybridized carbons (Fsp3) is 0.259. The van der Waals surface area contributed by atoms with Crippen LogP contribution in [0.5, 0.6) is 11.5 Å². The van der Waals surface area contributed by atoms with Gasteiger partial charge in [0.25, 0.3) is 0 Å². The lowest BCUT2D eigenvalue weighted by atomic mass is 9.79. The van der Waals surface area contributed by atoms with E-state index in [0.717, 1.165) is 28.7 Å². The third kappa shape index (κ3) is 4.71. The van der Waals surface area contributed by atoms with Crippen LogP contribution < -0.4 is 0 Å². The number of rotatable bonds is 11. The van der Waals surface area contributed by atoms with E-state index >= 15 is 0 Å². The van der Waals surface area contributed by atoms with Crippen molar-refractivity contribution >= 4 is 0 Å². The maximum Gasteiger partial charge on any atom is 0.119 e. The highest BCUT2D eigenvalue weighted by molar-refractivity contribution is 5.54. The van der Waals surface area contributed by atoms with Crippen LogP contribution in [0, 0.1) is 0 Å². The highest BCUT2D eigenvalue weighted by Gasteiger charge is 2.23. The van der Waals surface area contributed by atoms with E-state index in [1.807, 2.05) is 36.4 Å². The Morgan fingerprint density at radius 2 is 1.00 bits per heavy atom. The molecular formula is C27H32O2. The number of benzene rings is 2. The van der Waals surface area contributed by atoms with Gasteiger partial charge in [0.2, 0.25) is 0 Å². The zero-order valence-corrected chi connectivity index (χ0v) is 17.5. The van der Waals surface area contributed by atoms with Crippen LogP contribution in [0.4, 0.5) is 0 Å². The zero-order chi connectivity index (χ0) is 21.4. The Hall–Kier alpha value is -3.00. The molecule has 2 N–H and O–H groups in total. The Balaban J connectivity index is 2.77. The third-order valence-corrected chi connectivity index (χ3v) is 5.44. The average molecular weight is 389 g/mol. The molecule has 0 unspecified atom stereocenters. The van der Waals surface area contributed by atoms with Gasteiger partial charge >= 0.3 is 0 Å². The summed E-state index contributed by atoms with van der Waals surface area (Å²) in [6, 6.07) is 7.60. The predicted octanol–water partition coefficient (Wildman–Crippen LogP) is 6.55. The highest BCUT2D eigenvalue weighted by atomic mass is 16.3. The minimum Gasteiger partial charge on any atom is -0.508 e. The number of hydrogen-bond donors (Lipinski definition) is 2. The fourth-order valence-electron chi connectivity index (χ4n) is 4.17. The van der Waals surface area contributed by atoms with Gasteiger partial charge in [-0.25, -0.2) is 0 Å². The first-order chi connectivity index (χ1) is 14.0. The summed E-state index contributed by atoms with van der Waals surface area (Å²) in [5, 5.41) is 20.9. The molecule has 0 aromatic heterocycles. The van der Waals surface area contributed by atoms with Gasteiger partial charge in [-0.1, -0.05) is 43.4 Å². The van der Waals surface area contributed by atoms with E-state index in [1.54, 1.807) is 12.1 Å². The first-order valence-electron chi connectivity index (χ1n) is 10.1. The van der Waals surface area contributed by atoms with Crippen molar-refractivity contribution in [3.63, 3.8) is 0 Å². The largest absolute Gasteiger partial charge is 0.508 e. The maximum absolute atomic E-state index is 10.4. The molecule has 0 atom stereocenters. The Morgan fingerprint density at radius 1 is 0.655 bits per heavy atom. The molecule has 0 spiro atoms. The van der Waals surface area contributed by atoms with Crippen LogP contribution in [-0.2, 0) is 25.7 Å². The predicted molar refractivity (Wildman–Crippen MR) is 124 cm³/mol. The summed E-state index contributed by atoms with van der Waals surface area (Å²) in [6.45, 7) is 17.7. The molecule has 152 valence electrons. The van der Waals surface area contributed by atoms with Crippen molar-refractivity contribution < 1.29 is 10.2 Å². The van der Waals surface area contributed by atoms with Crippen LogP contribution in [-0.4, -0.2) is 10.2 Å². The zero-order valence-electron chi connectivity index (χ0n) is 17.5. The molecule has 2 rings (SSSR count). The summed E-state index contributed by atoms with van der Waals surface area (Å²) in [5.41, 5.74) is 6.40. The van der Waals surface area contributed by atoms with Gasteiger partial charge in [-0.15, -0.1) is 26.3 Å². The number of phenols is 2. The molecule has 0 fully saturated rings. The average Bonchev–Trinajstić information content (AvgIpc) is 2.71. The number of phenolic OH excluding ortho intramolecular Hbond substituents is 2. The lowest BCUT2D eigenvalue weighted by Gasteiger charge is -2.26. The maximum atomic E-state index is 10.4. The molecule has 0 heterocycles. The Kier molecular flexibility index (Phi) is 8.09. The molecule has 0 aliphatic rings. The minimum atomic E-state index is 0.133. The molecule has 2 aromatic rings. The smallest absolute Gasteiger partial charge is 0.119 e. The lowest BCUT2D eigenvalue weighted by molar-refractivity contribution is 0.468. The second-order valence-electron chi connectivity index (χ2n) is 7.19. The molecule has 0 bridgehead atoms. The third-order valence-electron chi connectivity index (χ3n) is 5.44. The fourth-order valence-corrected chi connectivity index (χ4v) is 4.17. The summed E-state index contributed by atoms with van der Waals surface area (Å²) >= 11 is 0. The van der Waals surface area contributed by atoms with E-state index in [4.69, 9.17) is 0 Å². The first-order valence-corrected chi connectivity index (χ1v) is 10.1. The van der Waals surface area contributed by atoms with Gasteiger partial charge in [-0.2, -0.15) is 0 Å².